The molecule has 0 aliphatic carbocycles. The van der Waals surface area contributed by atoms with Gasteiger partial charge in [-0.05, 0) is 42.1 Å². The molecule has 0 radical (unpaired) electrons. The maximum Gasteiger partial charge on any atom is 0.366 e. The van der Waals surface area contributed by atoms with Gasteiger partial charge in [-0.2, -0.15) is 0 Å². The first-order chi connectivity index (χ1) is 13.5. The normalized spacial score (nSPS) is 10.8. The van der Waals surface area contributed by atoms with Crippen molar-refractivity contribution in [1.29, 1.82) is 0 Å². The van der Waals surface area contributed by atoms with Crippen molar-refractivity contribution in [2.45, 2.75) is 6.92 Å². The number of esters is 2. The fraction of sp³-hybridized carbons (Fsp3) is 0.150. The van der Waals surface area contributed by atoms with Gasteiger partial charge in [0.05, 0.1) is 19.1 Å². The molecule has 1 aromatic carbocycles. The van der Waals surface area contributed by atoms with E-state index in [-0.39, 0.29) is 11.4 Å². The van der Waals surface area contributed by atoms with E-state index in [9.17, 15) is 9.59 Å². The first-order valence-corrected chi connectivity index (χ1v) is 9.07. The molecule has 0 amide bonds. The Morgan fingerprint density at radius 1 is 1.18 bits per heavy atom. The zero-order valence-electron chi connectivity index (χ0n) is 15.4. The van der Waals surface area contributed by atoms with Crippen molar-refractivity contribution in [3.63, 3.8) is 0 Å². The van der Waals surface area contributed by atoms with Gasteiger partial charge in [0.1, 0.15) is 5.76 Å². The van der Waals surface area contributed by atoms with Crippen molar-refractivity contribution in [1.82, 2.24) is 4.98 Å². The fourth-order valence-corrected chi connectivity index (χ4v) is 2.99. The van der Waals surface area contributed by atoms with Gasteiger partial charge >= 0.3 is 11.9 Å². The average Bonchev–Trinajstić information content (AvgIpc) is 3.36. The number of benzene rings is 1. The molecule has 0 bridgehead atoms. The van der Waals surface area contributed by atoms with Crippen molar-refractivity contribution < 1.29 is 28.2 Å². The molecular formula is C20H17NO6S. The fourth-order valence-electron chi connectivity index (χ4n) is 2.34. The topological polar surface area (TPSA) is 87.9 Å². The molecule has 0 atom stereocenters. The van der Waals surface area contributed by atoms with Crippen LogP contribution in [0.4, 0.5) is 0 Å². The molecule has 2 aromatic heterocycles. The minimum Gasteiger partial charge on any atom is -0.493 e. The summed E-state index contributed by atoms with van der Waals surface area (Å²) in [6.45, 7) is 1.65. The Morgan fingerprint density at radius 2 is 2.00 bits per heavy atom. The van der Waals surface area contributed by atoms with Crippen LogP contribution in [-0.4, -0.2) is 31.1 Å². The number of oxazole rings is 1. The molecule has 2 heterocycles. The van der Waals surface area contributed by atoms with E-state index in [1.54, 1.807) is 31.2 Å². The number of rotatable bonds is 6. The summed E-state index contributed by atoms with van der Waals surface area (Å²) in [6.07, 6.45) is 2.85. The summed E-state index contributed by atoms with van der Waals surface area (Å²) in [6, 6.07) is 8.61. The summed E-state index contributed by atoms with van der Waals surface area (Å²) in [4.78, 5) is 28.8. The van der Waals surface area contributed by atoms with E-state index in [1.807, 2.05) is 17.5 Å². The maximum atomic E-state index is 12.6. The van der Waals surface area contributed by atoms with Crippen LogP contribution in [0.2, 0.25) is 0 Å². The number of methoxy groups -OCH3 is 2. The second kappa shape index (κ2) is 8.53. The van der Waals surface area contributed by atoms with Gasteiger partial charge in [0, 0.05) is 6.08 Å². The van der Waals surface area contributed by atoms with Gasteiger partial charge in [0.15, 0.2) is 17.2 Å². The highest BCUT2D eigenvalue weighted by Crippen LogP contribution is 2.31. The van der Waals surface area contributed by atoms with Gasteiger partial charge in [-0.3, -0.25) is 0 Å². The highest BCUT2D eigenvalue weighted by molar-refractivity contribution is 7.13. The van der Waals surface area contributed by atoms with Crippen molar-refractivity contribution in [3.8, 4) is 22.3 Å². The van der Waals surface area contributed by atoms with Gasteiger partial charge in [0.25, 0.3) is 0 Å². The number of ether oxygens (including phenoxy) is 3. The molecule has 3 rings (SSSR count). The third-order valence-corrected chi connectivity index (χ3v) is 4.58. The lowest BCUT2D eigenvalue weighted by Crippen LogP contribution is -2.11. The zero-order valence-corrected chi connectivity index (χ0v) is 16.2. The van der Waals surface area contributed by atoms with Crippen LogP contribution in [0.25, 0.3) is 16.8 Å². The molecule has 0 fully saturated rings. The van der Waals surface area contributed by atoms with Gasteiger partial charge < -0.3 is 18.6 Å². The molecule has 28 heavy (non-hydrogen) atoms. The highest BCUT2D eigenvalue weighted by atomic mass is 32.1. The Kier molecular flexibility index (Phi) is 5.90. The predicted molar refractivity (Wildman–Crippen MR) is 104 cm³/mol. The summed E-state index contributed by atoms with van der Waals surface area (Å²) < 4.78 is 20.8. The number of carbonyl (C=O) groups is 2. The molecule has 7 nitrogen and oxygen atoms in total. The number of thiophene rings is 1. The molecule has 0 saturated heterocycles. The molecule has 3 aromatic rings. The quantitative estimate of drug-likeness (QED) is 0.350. The van der Waals surface area contributed by atoms with Crippen molar-refractivity contribution in [3.05, 3.63) is 58.8 Å². The second-order valence-electron chi connectivity index (χ2n) is 5.56. The maximum absolute atomic E-state index is 12.6. The van der Waals surface area contributed by atoms with Gasteiger partial charge in [-0.25, -0.2) is 14.6 Å². The SMILES string of the molecule is COC(=O)/C=C/c1ccc(OC(=O)c2nc(-c3cccs3)oc2C)c(OC)c1. The van der Waals surface area contributed by atoms with Crippen LogP contribution in [0.5, 0.6) is 11.5 Å². The monoisotopic (exact) mass is 399 g/mol. The van der Waals surface area contributed by atoms with Gasteiger partial charge in [-0.1, -0.05) is 12.1 Å². The van der Waals surface area contributed by atoms with Crippen LogP contribution in [0, 0.1) is 6.92 Å². The minimum atomic E-state index is -0.653. The lowest BCUT2D eigenvalue weighted by molar-refractivity contribution is -0.134. The molecule has 0 aliphatic rings. The van der Waals surface area contributed by atoms with E-state index in [0.29, 0.717) is 23.0 Å². The molecule has 0 unspecified atom stereocenters. The summed E-state index contributed by atoms with van der Waals surface area (Å²) in [5.41, 5.74) is 0.778. The number of hydrogen-bond donors (Lipinski definition) is 0. The van der Waals surface area contributed by atoms with E-state index >= 15 is 0 Å². The Hall–Kier alpha value is -3.39. The van der Waals surface area contributed by atoms with Crippen molar-refractivity contribution in [2.75, 3.05) is 14.2 Å². The summed E-state index contributed by atoms with van der Waals surface area (Å²) >= 11 is 1.46. The van der Waals surface area contributed by atoms with E-state index in [0.717, 1.165) is 4.88 Å². The summed E-state index contributed by atoms with van der Waals surface area (Å²) in [5, 5.41) is 1.90. The van der Waals surface area contributed by atoms with Crippen LogP contribution < -0.4 is 9.47 Å². The van der Waals surface area contributed by atoms with E-state index in [2.05, 4.69) is 9.72 Å². The van der Waals surface area contributed by atoms with E-state index in [1.165, 1.54) is 31.6 Å². The van der Waals surface area contributed by atoms with E-state index < -0.39 is 11.9 Å². The Morgan fingerprint density at radius 3 is 2.68 bits per heavy atom. The van der Waals surface area contributed by atoms with Crippen LogP contribution in [0.15, 0.2) is 46.2 Å². The van der Waals surface area contributed by atoms with Crippen LogP contribution in [0.1, 0.15) is 21.8 Å². The molecule has 0 saturated carbocycles. The van der Waals surface area contributed by atoms with Crippen LogP contribution >= 0.6 is 11.3 Å². The highest BCUT2D eigenvalue weighted by Gasteiger charge is 2.21. The Bertz CT molecular complexity index is 1020. The number of carbonyl (C=O) groups excluding carboxylic acids is 2. The number of nitrogens with zero attached hydrogens (tertiary/aromatic N) is 1. The van der Waals surface area contributed by atoms with Crippen molar-refractivity contribution in [2.24, 2.45) is 0 Å². The minimum absolute atomic E-state index is 0.0973. The van der Waals surface area contributed by atoms with Gasteiger partial charge in [0.2, 0.25) is 5.89 Å². The molecule has 8 heteroatoms. The van der Waals surface area contributed by atoms with E-state index in [4.69, 9.17) is 13.9 Å². The smallest absolute Gasteiger partial charge is 0.366 e. The van der Waals surface area contributed by atoms with Crippen molar-refractivity contribution >= 4 is 29.4 Å². The molecule has 0 N–H and O–H groups in total. The summed E-state index contributed by atoms with van der Waals surface area (Å²) in [7, 11) is 2.75. The zero-order chi connectivity index (χ0) is 20.1. The standard InChI is InChI=1S/C20H17NO6S/c1-12-18(21-19(26-12)16-5-4-10-28-16)20(23)27-14-8-6-13(11-15(14)24-2)7-9-17(22)25-3/h4-11H,1-3H3/b9-7+. The number of hydrogen-bond acceptors (Lipinski definition) is 8. The molecule has 0 spiro atoms. The third-order valence-electron chi connectivity index (χ3n) is 3.73. The van der Waals surface area contributed by atoms with Gasteiger partial charge in [-0.15, -0.1) is 11.3 Å². The van der Waals surface area contributed by atoms with Crippen LogP contribution in [0.3, 0.4) is 0 Å². The lowest BCUT2D eigenvalue weighted by atomic mass is 10.2. The molecule has 144 valence electrons. The van der Waals surface area contributed by atoms with Crippen LogP contribution in [-0.2, 0) is 9.53 Å². The first kappa shape index (κ1) is 19.4. The largest absolute Gasteiger partial charge is 0.493 e. The predicted octanol–water partition coefficient (Wildman–Crippen LogP) is 4.13. The second-order valence-corrected chi connectivity index (χ2v) is 6.51. The Labute approximate surface area is 165 Å². The first-order valence-electron chi connectivity index (χ1n) is 8.19. The third kappa shape index (κ3) is 4.29. The number of aryl methyl sites for hydroxylation is 1. The Balaban J connectivity index is 1.80. The summed E-state index contributed by atoms with van der Waals surface area (Å²) in [5.74, 6) is 0.167. The lowest BCUT2D eigenvalue weighted by Gasteiger charge is -2.09. The number of aromatic nitrogens is 1. The molecular weight excluding hydrogens is 382 g/mol. The molecule has 0 aliphatic heterocycles. The average molecular weight is 399 g/mol.